The van der Waals surface area contributed by atoms with Crippen molar-refractivity contribution in [1.82, 2.24) is 0 Å². The summed E-state index contributed by atoms with van der Waals surface area (Å²) in [5.74, 6) is 2.88. The summed E-state index contributed by atoms with van der Waals surface area (Å²) in [7, 11) is 0. The molecule has 3 heteroatoms. The Morgan fingerprint density at radius 3 is 2.20 bits per heavy atom. The van der Waals surface area contributed by atoms with E-state index in [1.54, 1.807) is 0 Å². The van der Waals surface area contributed by atoms with Gasteiger partial charge in [-0.1, -0.05) is 6.92 Å². The van der Waals surface area contributed by atoms with Crippen molar-refractivity contribution in [2.75, 3.05) is 11.5 Å². The molecule has 1 heterocycles. The average Bonchev–Trinajstić information content (AvgIpc) is 1.76. The molecule has 0 aliphatic carbocycles. The van der Waals surface area contributed by atoms with Gasteiger partial charge in [-0.05, 0) is 23.8 Å². The van der Waals surface area contributed by atoms with Gasteiger partial charge in [-0.3, -0.25) is 0 Å². The molecule has 0 radical (unpaired) electrons. The molecule has 0 spiro atoms. The molecule has 2 nitrogen and oxygen atoms in total. The van der Waals surface area contributed by atoms with Gasteiger partial charge in [0, 0.05) is 5.92 Å². The average molecular weight is 162 g/mol. The second-order valence-electron chi connectivity index (χ2n) is 2.78. The summed E-state index contributed by atoms with van der Waals surface area (Å²) < 4.78 is 0. The molecule has 2 N–H and O–H groups in total. The number of rotatable bonds is 3. The number of hydrogen-bond acceptors (Lipinski definition) is 3. The monoisotopic (exact) mass is 162 g/mol. The highest BCUT2D eigenvalue weighted by Gasteiger charge is 2.30. The van der Waals surface area contributed by atoms with Crippen molar-refractivity contribution in [3.8, 4) is 0 Å². The van der Waals surface area contributed by atoms with Crippen molar-refractivity contribution in [2.45, 2.75) is 19.6 Å². The van der Waals surface area contributed by atoms with E-state index in [1.165, 1.54) is 0 Å². The molecule has 10 heavy (non-hydrogen) atoms. The van der Waals surface area contributed by atoms with Crippen LogP contribution >= 0.6 is 11.8 Å². The molecule has 0 amide bonds. The van der Waals surface area contributed by atoms with Crippen molar-refractivity contribution in [3.05, 3.63) is 0 Å². The molecule has 1 saturated heterocycles. The van der Waals surface area contributed by atoms with Gasteiger partial charge in [0.2, 0.25) is 0 Å². The molecule has 0 aromatic heterocycles. The third-order valence-corrected chi connectivity index (χ3v) is 3.45. The highest BCUT2D eigenvalue weighted by molar-refractivity contribution is 8.00. The zero-order valence-electron chi connectivity index (χ0n) is 6.16. The lowest BCUT2D eigenvalue weighted by molar-refractivity contribution is -0.0973. The fraction of sp³-hybridized carbons (Fsp3) is 1.00. The second kappa shape index (κ2) is 3.60. The fourth-order valence-electron chi connectivity index (χ4n) is 1.29. The van der Waals surface area contributed by atoms with Crippen LogP contribution in [0, 0.1) is 11.8 Å². The van der Waals surface area contributed by atoms with Gasteiger partial charge in [0.15, 0.2) is 6.29 Å². The lowest BCUT2D eigenvalue weighted by Gasteiger charge is -2.33. The molecule has 1 atom stereocenters. The highest BCUT2D eigenvalue weighted by atomic mass is 32.2. The minimum Gasteiger partial charge on any atom is -0.368 e. The zero-order chi connectivity index (χ0) is 7.56. The third-order valence-electron chi connectivity index (χ3n) is 2.12. The Kier molecular flexibility index (Phi) is 3.01. The minimum absolute atomic E-state index is 0.112. The fourth-order valence-corrected chi connectivity index (χ4v) is 2.29. The van der Waals surface area contributed by atoms with Gasteiger partial charge >= 0.3 is 0 Å². The molecular formula is C7H14O2S. The predicted molar refractivity (Wildman–Crippen MR) is 42.8 cm³/mol. The standard InChI is InChI=1S/C7H14O2S/c1-2-6(7(8)9)5-3-10-4-5/h5-9H,2-4H2,1H3. The summed E-state index contributed by atoms with van der Waals surface area (Å²) in [4.78, 5) is 0. The molecule has 0 bridgehead atoms. The first-order valence-electron chi connectivity index (χ1n) is 3.69. The molecule has 1 unspecified atom stereocenters. The first kappa shape index (κ1) is 8.37. The first-order chi connectivity index (χ1) is 4.75. The molecule has 1 fully saturated rings. The molecule has 0 saturated carbocycles. The van der Waals surface area contributed by atoms with Gasteiger partial charge in [0.05, 0.1) is 0 Å². The van der Waals surface area contributed by atoms with Crippen molar-refractivity contribution in [3.63, 3.8) is 0 Å². The quantitative estimate of drug-likeness (QED) is 0.600. The van der Waals surface area contributed by atoms with Gasteiger partial charge in [-0.15, -0.1) is 0 Å². The van der Waals surface area contributed by atoms with E-state index < -0.39 is 6.29 Å². The summed E-state index contributed by atoms with van der Waals surface area (Å²) in [5, 5.41) is 17.8. The Morgan fingerprint density at radius 1 is 1.50 bits per heavy atom. The van der Waals surface area contributed by atoms with E-state index >= 15 is 0 Å². The number of hydrogen-bond donors (Lipinski definition) is 2. The van der Waals surface area contributed by atoms with Crippen LogP contribution in [0.1, 0.15) is 13.3 Å². The van der Waals surface area contributed by atoms with E-state index in [2.05, 4.69) is 0 Å². The van der Waals surface area contributed by atoms with Crippen LogP contribution in [0.2, 0.25) is 0 Å². The Morgan fingerprint density at radius 2 is 2.10 bits per heavy atom. The van der Waals surface area contributed by atoms with Crippen LogP contribution in [0.25, 0.3) is 0 Å². The summed E-state index contributed by atoms with van der Waals surface area (Å²) in [5.41, 5.74) is 0. The van der Waals surface area contributed by atoms with Gasteiger partial charge < -0.3 is 10.2 Å². The van der Waals surface area contributed by atoms with E-state index in [-0.39, 0.29) is 5.92 Å². The van der Waals surface area contributed by atoms with E-state index in [9.17, 15) is 0 Å². The zero-order valence-corrected chi connectivity index (χ0v) is 6.97. The van der Waals surface area contributed by atoms with Crippen LogP contribution < -0.4 is 0 Å². The number of aliphatic hydroxyl groups is 2. The minimum atomic E-state index is -1.10. The van der Waals surface area contributed by atoms with Crippen LogP contribution in [-0.4, -0.2) is 28.0 Å². The Hall–Kier alpha value is 0.270. The SMILES string of the molecule is CCC(C(O)O)C1CSC1. The van der Waals surface area contributed by atoms with E-state index in [4.69, 9.17) is 10.2 Å². The summed E-state index contributed by atoms with van der Waals surface area (Å²) >= 11 is 1.88. The Bertz CT molecular complexity index is 102. The smallest absolute Gasteiger partial charge is 0.154 e. The Balaban J connectivity index is 2.31. The molecule has 0 aromatic rings. The van der Waals surface area contributed by atoms with Crippen molar-refractivity contribution in [2.24, 2.45) is 11.8 Å². The first-order valence-corrected chi connectivity index (χ1v) is 4.85. The van der Waals surface area contributed by atoms with Crippen molar-refractivity contribution >= 4 is 11.8 Å². The van der Waals surface area contributed by atoms with E-state index in [1.807, 2.05) is 18.7 Å². The van der Waals surface area contributed by atoms with Crippen molar-refractivity contribution in [1.29, 1.82) is 0 Å². The molecule has 1 aliphatic rings. The lowest BCUT2D eigenvalue weighted by Crippen LogP contribution is -2.34. The van der Waals surface area contributed by atoms with Crippen LogP contribution in [0.4, 0.5) is 0 Å². The third kappa shape index (κ3) is 1.65. The van der Waals surface area contributed by atoms with Gasteiger partial charge in [-0.25, -0.2) is 0 Å². The summed E-state index contributed by atoms with van der Waals surface area (Å²) in [6.45, 7) is 2.01. The van der Waals surface area contributed by atoms with E-state index in [0.717, 1.165) is 17.9 Å². The van der Waals surface area contributed by atoms with Gasteiger partial charge in [0.1, 0.15) is 0 Å². The van der Waals surface area contributed by atoms with Crippen LogP contribution in [-0.2, 0) is 0 Å². The maximum absolute atomic E-state index is 8.89. The van der Waals surface area contributed by atoms with Crippen LogP contribution in [0.3, 0.4) is 0 Å². The molecular weight excluding hydrogens is 148 g/mol. The summed E-state index contributed by atoms with van der Waals surface area (Å²) in [6.07, 6.45) is -0.223. The second-order valence-corrected chi connectivity index (χ2v) is 3.86. The van der Waals surface area contributed by atoms with Gasteiger partial charge in [0.25, 0.3) is 0 Å². The van der Waals surface area contributed by atoms with Crippen molar-refractivity contribution < 1.29 is 10.2 Å². The summed E-state index contributed by atoms with van der Waals surface area (Å²) in [6, 6.07) is 0. The Labute approximate surface area is 65.6 Å². The van der Waals surface area contributed by atoms with Crippen LogP contribution in [0.15, 0.2) is 0 Å². The van der Waals surface area contributed by atoms with E-state index in [0.29, 0.717) is 5.92 Å². The van der Waals surface area contributed by atoms with Gasteiger partial charge in [-0.2, -0.15) is 11.8 Å². The molecule has 1 aliphatic heterocycles. The maximum atomic E-state index is 8.89. The number of aliphatic hydroxyl groups excluding tert-OH is 1. The largest absolute Gasteiger partial charge is 0.368 e. The highest BCUT2D eigenvalue weighted by Crippen LogP contribution is 2.33. The maximum Gasteiger partial charge on any atom is 0.154 e. The molecule has 1 rings (SSSR count). The molecule has 60 valence electrons. The number of thioether (sulfide) groups is 1. The lowest BCUT2D eigenvalue weighted by atomic mass is 9.92. The van der Waals surface area contributed by atoms with Crippen LogP contribution in [0.5, 0.6) is 0 Å². The predicted octanol–water partition coefficient (Wildman–Crippen LogP) is 0.686. The normalized spacial score (nSPS) is 22.8. The molecule has 0 aromatic carbocycles. The topological polar surface area (TPSA) is 40.5 Å².